The van der Waals surface area contributed by atoms with Crippen molar-refractivity contribution in [3.8, 4) is 0 Å². The molecule has 0 fully saturated rings. The van der Waals surface area contributed by atoms with Crippen LogP contribution in [0.2, 0.25) is 0 Å². The molecule has 0 aliphatic heterocycles. The van der Waals surface area contributed by atoms with E-state index in [1.807, 2.05) is 19.1 Å². The van der Waals surface area contributed by atoms with E-state index in [2.05, 4.69) is 15.6 Å². The molecule has 7 heteroatoms. The third-order valence-electron chi connectivity index (χ3n) is 4.02. The molecule has 146 valence electrons. The first kappa shape index (κ1) is 20.5. The summed E-state index contributed by atoms with van der Waals surface area (Å²) < 4.78 is 9.97. The Morgan fingerprint density at radius 1 is 1.26 bits per heavy atom. The van der Waals surface area contributed by atoms with Crippen molar-refractivity contribution in [2.75, 3.05) is 26.7 Å². The number of nitrogens with zero attached hydrogens (tertiary/aromatic N) is 1. The van der Waals surface area contributed by atoms with Gasteiger partial charge in [-0.2, -0.15) is 0 Å². The largest absolute Gasteiger partial charge is 0.466 e. The van der Waals surface area contributed by atoms with Gasteiger partial charge in [0.05, 0.1) is 25.5 Å². The summed E-state index contributed by atoms with van der Waals surface area (Å²) in [6.07, 6.45) is 2.29. The average Bonchev–Trinajstić information content (AvgIpc) is 3.22. The third-order valence-corrected chi connectivity index (χ3v) is 4.02. The van der Waals surface area contributed by atoms with Gasteiger partial charge in [-0.05, 0) is 50.1 Å². The number of aliphatic imine (C=N–C) groups is 1. The zero-order valence-electron chi connectivity index (χ0n) is 16.0. The summed E-state index contributed by atoms with van der Waals surface area (Å²) in [4.78, 5) is 15.9. The number of carbonyl (C=O) groups is 1. The maximum Gasteiger partial charge on any atom is 0.337 e. The highest BCUT2D eigenvalue weighted by atomic mass is 16.5. The van der Waals surface area contributed by atoms with Gasteiger partial charge in [0.1, 0.15) is 11.4 Å². The van der Waals surface area contributed by atoms with Crippen molar-refractivity contribution in [2.45, 2.75) is 25.9 Å². The number of aliphatic hydroxyl groups is 1. The summed E-state index contributed by atoms with van der Waals surface area (Å²) in [5.74, 6) is 0.758. The first-order chi connectivity index (χ1) is 13.0. The molecule has 0 aliphatic rings. The lowest BCUT2D eigenvalue weighted by molar-refractivity contribution is 0.0437. The lowest BCUT2D eigenvalue weighted by Crippen LogP contribution is -2.39. The van der Waals surface area contributed by atoms with E-state index in [0.717, 1.165) is 12.0 Å². The van der Waals surface area contributed by atoms with Crippen LogP contribution in [0.4, 0.5) is 0 Å². The number of ether oxygens (including phenoxy) is 1. The number of methoxy groups -OCH3 is 1. The summed E-state index contributed by atoms with van der Waals surface area (Å²) in [5.41, 5.74) is 0.452. The topological polar surface area (TPSA) is 96.1 Å². The quantitative estimate of drug-likeness (QED) is 0.372. The van der Waals surface area contributed by atoms with Crippen LogP contribution in [0.1, 0.15) is 35.5 Å². The number of carbonyl (C=O) groups excluding carboxylic acids is 1. The molecule has 0 bridgehead atoms. The van der Waals surface area contributed by atoms with E-state index in [0.29, 0.717) is 30.4 Å². The van der Waals surface area contributed by atoms with Crippen LogP contribution in [-0.4, -0.2) is 43.8 Å². The molecule has 2 aromatic rings. The molecule has 1 aromatic heterocycles. The molecule has 1 atom stereocenters. The van der Waals surface area contributed by atoms with Crippen molar-refractivity contribution in [1.82, 2.24) is 10.6 Å². The number of hydrogen-bond acceptors (Lipinski definition) is 5. The van der Waals surface area contributed by atoms with E-state index in [9.17, 15) is 9.90 Å². The van der Waals surface area contributed by atoms with Gasteiger partial charge in [-0.25, -0.2) is 9.79 Å². The third kappa shape index (κ3) is 6.14. The van der Waals surface area contributed by atoms with E-state index in [1.54, 1.807) is 31.2 Å². The second-order valence-corrected chi connectivity index (χ2v) is 6.31. The van der Waals surface area contributed by atoms with Gasteiger partial charge < -0.3 is 24.9 Å². The second-order valence-electron chi connectivity index (χ2n) is 6.31. The van der Waals surface area contributed by atoms with E-state index < -0.39 is 5.60 Å². The van der Waals surface area contributed by atoms with E-state index >= 15 is 0 Å². The van der Waals surface area contributed by atoms with Crippen molar-refractivity contribution < 1.29 is 19.1 Å². The first-order valence-corrected chi connectivity index (χ1v) is 8.92. The molecule has 2 rings (SSSR count). The minimum absolute atomic E-state index is 0.170. The van der Waals surface area contributed by atoms with E-state index in [-0.39, 0.29) is 12.5 Å². The van der Waals surface area contributed by atoms with Crippen LogP contribution in [0.3, 0.4) is 0 Å². The molecular formula is C20H27N3O4. The van der Waals surface area contributed by atoms with E-state index in [1.165, 1.54) is 13.4 Å². The molecule has 3 N–H and O–H groups in total. The van der Waals surface area contributed by atoms with Crippen LogP contribution < -0.4 is 10.6 Å². The Morgan fingerprint density at radius 3 is 2.59 bits per heavy atom. The molecule has 1 aromatic carbocycles. The van der Waals surface area contributed by atoms with Crippen LogP contribution in [-0.2, 0) is 16.8 Å². The highest BCUT2D eigenvalue weighted by Crippen LogP contribution is 2.21. The minimum Gasteiger partial charge on any atom is -0.466 e. The monoisotopic (exact) mass is 373 g/mol. The zero-order valence-corrected chi connectivity index (χ0v) is 16.0. The lowest BCUT2D eigenvalue weighted by atomic mass is 10.0. The van der Waals surface area contributed by atoms with Gasteiger partial charge in [0.15, 0.2) is 5.96 Å². The lowest BCUT2D eigenvalue weighted by Gasteiger charge is -2.19. The van der Waals surface area contributed by atoms with Crippen LogP contribution in [0.25, 0.3) is 0 Å². The normalized spacial score (nSPS) is 13.7. The Hall–Kier alpha value is -2.80. The Kier molecular flexibility index (Phi) is 7.43. The highest BCUT2D eigenvalue weighted by molar-refractivity contribution is 5.89. The van der Waals surface area contributed by atoms with Crippen molar-refractivity contribution in [3.63, 3.8) is 0 Å². The average molecular weight is 373 g/mol. The molecule has 0 saturated heterocycles. The number of rotatable bonds is 8. The van der Waals surface area contributed by atoms with Gasteiger partial charge >= 0.3 is 5.97 Å². The van der Waals surface area contributed by atoms with Crippen molar-refractivity contribution in [1.29, 1.82) is 0 Å². The Morgan fingerprint density at radius 2 is 2.00 bits per heavy atom. The molecule has 0 aliphatic carbocycles. The number of furan rings is 1. The molecule has 27 heavy (non-hydrogen) atoms. The summed E-state index contributed by atoms with van der Waals surface area (Å²) in [6.45, 7) is 5.19. The molecular weight excluding hydrogens is 346 g/mol. The number of nitrogens with one attached hydrogen (secondary N) is 2. The van der Waals surface area contributed by atoms with Gasteiger partial charge in [-0.1, -0.05) is 12.1 Å². The zero-order chi connectivity index (χ0) is 19.7. The maximum atomic E-state index is 11.5. The maximum absolute atomic E-state index is 11.5. The fourth-order valence-electron chi connectivity index (χ4n) is 2.49. The Bertz CT molecular complexity index is 737. The highest BCUT2D eigenvalue weighted by Gasteiger charge is 2.26. The van der Waals surface area contributed by atoms with Gasteiger partial charge in [-0.15, -0.1) is 0 Å². The number of esters is 1. The summed E-state index contributed by atoms with van der Waals surface area (Å²) in [5, 5.41) is 16.9. The standard InChI is InChI=1S/C20H27N3O4/c1-4-21-19(23-14-20(2,25)17-6-5-13-27-17)22-12-11-15-7-9-16(10-8-15)18(24)26-3/h5-10,13,25H,4,11-12,14H2,1-3H3,(H2,21,22,23). The molecule has 0 saturated carbocycles. The molecule has 0 radical (unpaired) electrons. The Balaban J connectivity index is 1.89. The van der Waals surface area contributed by atoms with Crippen LogP contribution >= 0.6 is 0 Å². The summed E-state index contributed by atoms with van der Waals surface area (Å²) >= 11 is 0. The second kappa shape index (κ2) is 9.78. The van der Waals surface area contributed by atoms with Crippen LogP contribution in [0.15, 0.2) is 52.1 Å². The summed E-state index contributed by atoms with van der Waals surface area (Å²) in [7, 11) is 1.37. The van der Waals surface area contributed by atoms with E-state index in [4.69, 9.17) is 9.15 Å². The van der Waals surface area contributed by atoms with Crippen LogP contribution in [0, 0.1) is 0 Å². The van der Waals surface area contributed by atoms with Gasteiger partial charge in [0.2, 0.25) is 0 Å². The van der Waals surface area contributed by atoms with Crippen molar-refractivity contribution in [2.24, 2.45) is 4.99 Å². The molecule has 0 amide bonds. The fourth-order valence-corrected chi connectivity index (χ4v) is 2.49. The smallest absolute Gasteiger partial charge is 0.337 e. The number of guanidine groups is 1. The molecule has 0 spiro atoms. The Labute approximate surface area is 159 Å². The van der Waals surface area contributed by atoms with Gasteiger partial charge in [0, 0.05) is 13.1 Å². The molecule has 1 heterocycles. The van der Waals surface area contributed by atoms with Gasteiger partial charge in [0.25, 0.3) is 0 Å². The number of benzene rings is 1. The predicted octanol–water partition coefficient (Wildman–Crippen LogP) is 2.07. The SMILES string of the molecule is CCNC(=NCC(C)(O)c1ccco1)NCCc1ccc(C(=O)OC)cc1. The first-order valence-electron chi connectivity index (χ1n) is 8.92. The summed E-state index contributed by atoms with van der Waals surface area (Å²) in [6, 6.07) is 10.8. The molecule has 7 nitrogen and oxygen atoms in total. The van der Waals surface area contributed by atoms with Crippen molar-refractivity contribution >= 4 is 11.9 Å². The number of hydrogen-bond donors (Lipinski definition) is 3. The predicted molar refractivity (Wildman–Crippen MR) is 104 cm³/mol. The molecule has 1 unspecified atom stereocenters. The minimum atomic E-state index is -1.17. The van der Waals surface area contributed by atoms with Crippen molar-refractivity contribution in [3.05, 3.63) is 59.5 Å². The van der Waals surface area contributed by atoms with Crippen LogP contribution in [0.5, 0.6) is 0 Å². The van der Waals surface area contributed by atoms with Gasteiger partial charge in [-0.3, -0.25) is 0 Å². The fraction of sp³-hybridized carbons (Fsp3) is 0.400.